The quantitative estimate of drug-likeness (QED) is 0.494. The van der Waals surface area contributed by atoms with Crippen LogP contribution in [0.25, 0.3) is 0 Å². The van der Waals surface area contributed by atoms with E-state index in [0.717, 1.165) is 16.7 Å². The molecule has 2 N–H and O–H groups in total. The van der Waals surface area contributed by atoms with E-state index in [2.05, 4.69) is 10.5 Å². The highest BCUT2D eigenvalue weighted by Gasteiger charge is 2.11. The molecule has 4 nitrogen and oxygen atoms in total. The molecule has 1 atom stereocenters. The maximum absolute atomic E-state index is 12.2. The first-order chi connectivity index (χ1) is 13.2. The van der Waals surface area contributed by atoms with E-state index in [4.69, 9.17) is 0 Å². The fourth-order valence-corrected chi connectivity index (χ4v) is 2.77. The summed E-state index contributed by atoms with van der Waals surface area (Å²) in [5, 5.41) is 14.5. The van der Waals surface area contributed by atoms with Crippen LogP contribution in [0.1, 0.15) is 35.6 Å². The van der Waals surface area contributed by atoms with Crippen LogP contribution < -0.4 is 5.43 Å². The van der Waals surface area contributed by atoms with Gasteiger partial charge in [-0.25, -0.2) is 5.43 Å². The molecule has 0 heterocycles. The Hall–Kier alpha value is -3.24. The van der Waals surface area contributed by atoms with Crippen molar-refractivity contribution in [2.75, 3.05) is 0 Å². The molecule has 3 aromatic rings. The number of aliphatic hydroxyl groups is 1. The molecule has 0 aliphatic heterocycles. The number of aliphatic hydroxyl groups excluding tert-OH is 1. The summed E-state index contributed by atoms with van der Waals surface area (Å²) in [4.78, 5) is 12.2. The summed E-state index contributed by atoms with van der Waals surface area (Å²) in [5.74, 6) is -0.227. The van der Waals surface area contributed by atoms with E-state index in [-0.39, 0.29) is 12.3 Å². The van der Waals surface area contributed by atoms with Gasteiger partial charge in [0.2, 0.25) is 5.91 Å². The molecule has 0 radical (unpaired) electrons. The van der Waals surface area contributed by atoms with Crippen LogP contribution in [-0.4, -0.2) is 16.7 Å². The number of nitrogens with zero attached hydrogens (tertiary/aromatic N) is 1. The number of hydrazone groups is 1. The van der Waals surface area contributed by atoms with Gasteiger partial charge in [0.25, 0.3) is 0 Å². The number of benzene rings is 3. The summed E-state index contributed by atoms with van der Waals surface area (Å²) < 4.78 is 0. The van der Waals surface area contributed by atoms with Crippen molar-refractivity contribution in [3.8, 4) is 0 Å². The van der Waals surface area contributed by atoms with E-state index in [1.807, 2.05) is 91.0 Å². The second-order valence-corrected chi connectivity index (χ2v) is 6.19. The Morgan fingerprint density at radius 3 is 1.81 bits per heavy atom. The van der Waals surface area contributed by atoms with Crippen LogP contribution in [0.15, 0.2) is 96.1 Å². The molecule has 0 aliphatic rings. The fraction of sp³-hybridized carbons (Fsp3) is 0.130. The van der Waals surface area contributed by atoms with Crippen LogP contribution >= 0.6 is 0 Å². The predicted molar refractivity (Wildman–Crippen MR) is 107 cm³/mol. The highest BCUT2D eigenvalue weighted by Crippen LogP contribution is 2.17. The molecule has 27 heavy (non-hydrogen) atoms. The van der Waals surface area contributed by atoms with E-state index >= 15 is 0 Å². The van der Waals surface area contributed by atoms with Gasteiger partial charge in [-0.3, -0.25) is 4.79 Å². The van der Waals surface area contributed by atoms with Crippen molar-refractivity contribution in [1.82, 2.24) is 5.43 Å². The van der Waals surface area contributed by atoms with Gasteiger partial charge in [0.1, 0.15) is 0 Å². The van der Waals surface area contributed by atoms with Crippen molar-refractivity contribution >= 4 is 11.6 Å². The number of nitrogens with one attached hydrogen (secondary N) is 1. The number of carbonyl (C=O) groups excluding carboxylic acids is 1. The Morgan fingerprint density at radius 2 is 1.30 bits per heavy atom. The Balaban J connectivity index is 1.66. The first-order valence-electron chi connectivity index (χ1n) is 8.94. The number of rotatable bonds is 7. The first kappa shape index (κ1) is 18.5. The van der Waals surface area contributed by atoms with Gasteiger partial charge in [-0.05, 0) is 12.0 Å². The van der Waals surface area contributed by atoms with Crippen LogP contribution in [0.4, 0.5) is 0 Å². The highest BCUT2D eigenvalue weighted by atomic mass is 16.3. The van der Waals surface area contributed by atoms with Crippen molar-refractivity contribution in [3.05, 3.63) is 108 Å². The van der Waals surface area contributed by atoms with E-state index in [1.165, 1.54) is 0 Å². The monoisotopic (exact) mass is 358 g/mol. The molecule has 3 aromatic carbocycles. The molecule has 1 unspecified atom stereocenters. The number of carbonyl (C=O) groups is 1. The summed E-state index contributed by atoms with van der Waals surface area (Å²) in [6.07, 6.45) is -0.128. The Morgan fingerprint density at radius 1 is 0.815 bits per heavy atom. The lowest BCUT2D eigenvalue weighted by atomic mass is 10.0. The van der Waals surface area contributed by atoms with E-state index in [0.29, 0.717) is 12.1 Å². The maximum Gasteiger partial charge on any atom is 0.240 e. The minimum Gasteiger partial charge on any atom is -0.388 e. The smallest absolute Gasteiger partial charge is 0.240 e. The SMILES string of the molecule is O=C(CCC(O)c1ccccc1)NN=C(c1ccccc1)c1ccccc1. The molecule has 0 aliphatic carbocycles. The third-order valence-corrected chi connectivity index (χ3v) is 4.22. The third kappa shape index (κ3) is 5.36. The average molecular weight is 358 g/mol. The predicted octanol–water partition coefficient (Wildman–Crippen LogP) is 4.07. The molecule has 1 amide bonds. The molecule has 0 bridgehead atoms. The van der Waals surface area contributed by atoms with E-state index in [1.54, 1.807) is 0 Å². The van der Waals surface area contributed by atoms with Gasteiger partial charge in [-0.1, -0.05) is 91.0 Å². The molecule has 136 valence electrons. The standard InChI is InChI=1S/C23H22N2O2/c26-21(18-10-4-1-5-11-18)16-17-22(27)24-25-23(19-12-6-2-7-13-19)20-14-8-3-9-15-20/h1-15,21,26H,16-17H2,(H,24,27). The lowest BCUT2D eigenvalue weighted by molar-refractivity contribution is -0.121. The van der Waals surface area contributed by atoms with Crippen LogP contribution in [0, 0.1) is 0 Å². The third-order valence-electron chi connectivity index (χ3n) is 4.22. The minimum atomic E-state index is -0.663. The van der Waals surface area contributed by atoms with E-state index in [9.17, 15) is 9.90 Å². The Kier molecular flexibility index (Phi) is 6.50. The van der Waals surface area contributed by atoms with Crippen LogP contribution in [0.3, 0.4) is 0 Å². The fourth-order valence-electron chi connectivity index (χ4n) is 2.77. The van der Waals surface area contributed by atoms with Gasteiger partial charge in [0.05, 0.1) is 11.8 Å². The van der Waals surface area contributed by atoms with Gasteiger partial charge in [0.15, 0.2) is 0 Å². The zero-order valence-electron chi connectivity index (χ0n) is 15.0. The van der Waals surface area contributed by atoms with Gasteiger partial charge in [0, 0.05) is 17.5 Å². The van der Waals surface area contributed by atoms with Crippen molar-refractivity contribution in [1.29, 1.82) is 0 Å². The van der Waals surface area contributed by atoms with Crippen LogP contribution in [-0.2, 0) is 4.79 Å². The maximum atomic E-state index is 12.2. The normalized spacial score (nSPS) is 11.4. The highest BCUT2D eigenvalue weighted by molar-refractivity contribution is 6.13. The molecule has 0 fully saturated rings. The number of hydrogen-bond acceptors (Lipinski definition) is 3. The van der Waals surface area contributed by atoms with Gasteiger partial charge >= 0.3 is 0 Å². The summed E-state index contributed by atoms with van der Waals surface area (Å²) >= 11 is 0. The number of hydrogen-bond donors (Lipinski definition) is 2. The Bertz CT molecular complexity index is 837. The van der Waals surface area contributed by atoms with Crippen LogP contribution in [0.5, 0.6) is 0 Å². The zero-order chi connectivity index (χ0) is 18.9. The lowest BCUT2D eigenvalue weighted by Gasteiger charge is -2.11. The minimum absolute atomic E-state index is 0.191. The van der Waals surface area contributed by atoms with Crippen molar-refractivity contribution in [2.24, 2.45) is 5.10 Å². The molecular weight excluding hydrogens is 336 g/mol. The zero-order valence-corrected chi connectivity index (χ0v) is 15.0. The molecule has 0 saturated carbocycles. The molecule has 3 rings (SSSR count). The molecule has 0 aromatic heterocycles. The summed E-state index contributed by atoms with van der Waals surface area (Å²) in [6.45, 7) is 0. The summed E-state index contributed by atoms with van der Waals surface area (Å²) in [6, 6.07) is 28.8. The molecule has 0 saturated heterocycles. The first-order valence-corrected chi connectivity index (χ1v) is 8.94. The van der Waals surface area contributed by atoms with Crippen molar-refractivity contribution < 1.29 is 9.90 Å². The summed E-state index contributed by atoms with van der Waals surface area (Å²) in [7, 11) is 0. The second-order valence-electron chi connectivity index (χ2n) is 6.19. The average Bonchev–Trinajstić information content (AvgIpc) is 2.74. The Labute approximate surface area is 159 Å². The largest absolute Gasteiger partial charge is 0.388 e. The molecule has 4 heteroatoms. The number of amides is 1. The molecule has 0 spiro atoms. The summed E-state index contributed by atoms with van der Waals surface area (Å²) in [5.41, 5.74) is 5.98. The molecular formula is C23H22N2O2. The van der Waals surface area contributed by atoms with Gasteiger partial charge in [-0.15, -0.1) is 0 Å². The van der Waals surface area contributed by atoms with E-state index < -0.39 is 6.10 Å². The van der Waals surface area contributed by atoms with Crippen molar-refractivity contribution in [2.45, 2.75) is 18.9 Å². The lowest BCUT2D eigenvalue weighted by Crippen LogP contribution is -2.21. The van der Waals surface area contributed by atoms with Gasteiger partial charge in [-0.2, -0.15) is 5.10 Å². The topological polar surface area (TPSA) is 61.7 Å². The van der Waals surface area contributed by atoms with Gasteiger partial charge < -0.3 is 5.11 Å². The van der Waals surface area contributed by atoms with Crippen molar-refractivity contribution in [3.63, 3.8) is 0 Å². The van der Waals surface area contributed by atoms with Crippen LogP contribution in [0.2, 0.25) is 0 Å². The second kappa shape index (κ2) is 9.46.